The van der Waals surface area contributed by atoms with Crippen LogP contribution in [0.2, 0.25) is 0 Å². The Hall–Kier alpha value is -4.17. The summed E-state index contributed by atoms with van der Waals surface area (Å²) in [6, 6.07) is 16.9. The molecule has 3 rings (SSSR count). The lowest BCUT2D eigenvalue weighted by Gasteiger charge is -2.26. The standard InChI is InChI=1S/C32H39N3O5/c1-3-5-16-31(38)40-23-27(19-26-21-33-29-15-10-9-14-28(26)29)34-32(39)25(11-4-2)20-30(37)35(17-18-36)22-24-12-7-6-8-13-24/h3-4,6-10,12-15,21,25,27,33,36H,1-2,5,11,16-20,22-23H2,(H,34,39)/t25-,27-/m0/s1. The average Bonchev–Trinajstić information content (AvgIpc) is 3.37. The molecule has 40 heavy (non-hydrogen) atoms. The number of nitrogens with zero attached hydrogens (tertiary/aromatic N) is 1. The number of allylic oxidation sites excluding steroid dienone is 2. The van der Waals surface area contributed by atoms with Crippen molar-refractivity contribution in [1.82, 2.24) is 15.2 Å². The minimum Gasteiger partial charge on any atom is -0.463 e. The van der Waals surface area contributed by atoms with E-state index in [1.807, 2.05) is 60.8 Å². The monoisotopic (exact) mass is 545 g/mol. The second-order valence-corrected chi connectivity index (χ2v) is 9.73. The summed E-state index contributed by atoms with van der Waals surface area (Å²) in [5, 5.41) is 13.6. The number of amides is 2. The van der Waals surface area contributed by atoms with Crippen LogP contribution >= 0.6 is 0 Å². The van der Waals surface area contributed by atoms with Crippen molar-refractivity contribution in [3.63, 3.8) is 0 Å². The molecule has 0 aliphatic carbocycles. The zero-order chi connectivity index (χ0) is 28.7. The number of rotatable bonds is 17. The summed E-state index contributed by atoms with van der Waals surface area (Å²) in [7, 11) is 0. The normalized spacial score (nSPS) is 12.3. The molecule has 0 bridgehead atoms. The number of carbonyl (C=O) groups is 3. The molecule has 8 nitrogen and oxygen atoms in total. The Bertz CT molecular complexity index is 1270. The molecule has 8 heteroatoms. The zero-order valence-electron chi connectivity index (χ0n) is 22.9. The van der Waals surface area contributed by atoms with Crippen molar-refractivity contribution in [1.29, 1.82) is 0 Å². The van der Waals surface area contributed by atoms with E-state index in [4.69, 9.17) is 4.74 Å². The molecule has 0 fully saturated rings. The molecule has 1 aromatic heterocycles. The predicted octanol–water partition coefficient (Wildman–Crippen LogP) is 4.31. The van der Waals surface area contributed by atoms with E-state index in [1.165, 1.54) is 0 Å². The van der Waals surface area contributed by atoms with Gasteiger partial charge in [0.25, 0.3) is 0 Å². The summed E-state index contributed by atoms with van der Waals surface area (Å²) in [5.74, 6) is -1.58. The molecule has 3 aromatic rings. The molecule has 0 saturated carbocycles. The van der Waals surface area contributed by atoms with Crippen molar-refractivity contribution in [3.8, 4) is 0 Å². The number of nitrogens with one attached hydrogen (secondary N) is 2. The number of aliphatic hydroxyl groups is 1. The highest BCUT2D eigenvalue weighted by molar-refractivity contribution is 5.86. The van der Waals surface area contributed by atoms with Gasteiger partial charge < -0.3 is 25.0 Å². The second kappa shape index (κ2) is 16.1. The highest BCUT2D eigenvalue weighted by Gasteiger charge is 2.27. The van der Waals surface area contributed by atoms with Crippen LogP contribution in [-0.2, 0) is 32.1 Å². The lowest BCUT2D eigenvalue weighted by molar-refractivity contribution is -0.145. The number of hydrogen-bond donors (Lipinski definition) is 3. The number of fused-ring (bicyclic) bond motifs is 1. The SMILES string of the molecule is C=CCCC(=O)OC[C@H](Cc1c[nH]c2ccccc12)NC(=O)[C@@H](CC=C)CC(=O)N(CCO)Cc1ccccc1. The number of benzene rings is 2. The third-order valence-electron chi connectivity index (χ3n) is 6.67. The lowest BCUT2D eigenvalue weighted by atomic mass is 9.97. The largest absolute Gasteiger partial charge is 0.463 e. The van der Waals surface area contributed by atoms with E-state index in [0.29, 0.717) is 25.8 Å². The Morgan fingerprint density at radius 3 is 2.52 bits per heavy atom. The topological polar surface area (TPSA) is 112 Å². The van der Waals surface area contributed by atoms with E-state index in [1.54, 1.807) is 17.1 Å². The van der Waals surface area contributed by atoms with E-state index in [0.717, 1.165) is 22.0 Å². The van der Waals surface area contributed by atoms with Gasteiger partial charge in [0.05, 0.1) is 18.6 Å². The van der Waals surface area contributed by atoms with Crippen molar-refractivity contribution >= 4 is 28.7 Å². The molecule has 2 amide bonds. The van der Waals surface area contributed by atoms with Gasteiger partial charge in [-0.05, 0) is 36.5 Å². The van der Waals surface area contributed by atoms with Crippen LogP contribution in [0.25, 0.3) is 10.9 Å². The summed E-state index contributed by atoms with van der Waals surface area (Å²) in [6.45, 7) is 7.73. The fourth-order valence-electron chi connectivity index (χ4n) is 4.56. The maximum atomic E-state index is 13.5. The van der Waals surface area contributed by atoms with E-state index in [9.17, 15) is 19.5 Å². The molecule has 0 saturated heterocycles. The number of esters is 1. The highest BCUT2D eigenvalue weighted by atomic mass is 16.5. The van der Waals surface area contributed by atoms with Crippen LogP contribution in [0, 0.1) is 5.92 Å². The number of H-pyrrole nitrogens is 1. The van der Waals surface area contributed by atoms with Gasteiger partial charge in [-0.15, -0.1) is 13.2 Å². The van der Waals surface area contributed by atoms with Crippen LogP contribution in [0.5, 0.6) is 0 Å². The van der Waals surface area contributed by atoms with Gasteiger partial charge in [-0.25, -0.2) is 0 Å². The molecule has 212 valence electrons. The highest BCUT2D eigenvalue weighted by Crippen LogP contribution is 2.20. The first kappa shape index (κ1) is 30.4. The molecule has 0 radical (unpaired) electrons. The molecule has 0 unspecified atom stereocenters. The van der Waals surface area contributed by atoms with Crippen LogP contribution in [0.4, 0.5) is 0 Å². The maximum Gasteiger partial charge on any atom is 0.306 e. The average molecular weight is 546 g/mol. The summed E-state index contributed by atoms with van der Waals surface area (Å²) in [5.41, 5.74) is 2.89. The van der Waals surface area contributed by atoms with Crippen LogP contribution in [0.15, 0.2) is 86.1 Å². The van der Waals surface area contributed by atoms with E-state index in [-0.39, 0.29) is 50.4 Å². The van der Waals surface area contributed by atoms with Gasteiger partial charge in [-0.1, -0.05) is 60.7 Å². The number of ether oxygens (including phenoxy) is 1. The second-order valence-electron chi connectivity index (χ2n) is 9.73. The number of aliphatic hydroxyl groups excluding tert-OH is 1. The molecule has 2 atom stereocenters. The number of aromatic amines is 1. The van der Waals surface area contributed by atoms with E-state index >= 15 is 0 Å². The summed E-state index contributed by atoms with van der Waals surface area (Å²) >= 11 is 0. The smallest absolute Gasteiger partial charge is 0.306 e. The van der Waals surface area contributed by atoms with Crippen molar-refractivity contribution in [2.24, 2.45) is 5.92 Å². The summed E-state index contributed by atoms with van der Waals surface area (Å²) < 4.78 is 5.49. The third kappa shape index (κ3) is 9.24. The molecular weight excluding hydrogens is 506 g/mol. The van der Waals surface area contributed by atoms with Gasteiger partial charge in [0.1, 0.15) is 6.61 Å². The lowest BCUT2D eigenvalue weighted by Crippen LogP contribution is -2.44. The van der Waals surface area contributed by atoms with Crippen LogP contribution < -0.4 is 5.32 Å². The Morgan fingerprint density at radius 1 is 1.05 bits per heavy atom. The van der Waals surface area contributed by atoms with Gasteiger partial charge in [-0.3, -0.25) is 14.4 Å². The molecule has 2 aromatic carbocycles. The molecule has 0 aliphatic rings. The van der Waals surface area contributed by atoms with Crippen LogP contribution in [0.3, 0.4) is 0 Å². The fraction of sp³-hybridized carbons (Fsp3) is 0.344. The zero-order valence-corrected chi connectivity index (χ0v) is 22.9. The number of carbonyl (C=O) groups excluding carboxylic acids is 3. The summed E-state index contributed by atoms with van der Waals surface area (Å²) in [4.78, 5) is 43.7. The van der Waals surface area contributed by atoms with Gasteiger partial charge in [0.2, 0.25) is 11.8 Å². The fourth-order valence-corrected chi connectivity index (χ4v) is 4.56. The molecule has 1 heterocycles. The van der Waals surface area contributed by atoms with E-state index in [2.05, 4.69) is 23.5 Å². The number of aromatic nitrogens is 1. The van der Waals surface area contributed by atoms with Crippen molar-refractivity contribution in [3.05, 3.63) is 97.2 Å². The van der Waals surface area contributed by atoms with Gasteiger partial charge in [0, 0.05) is 43.0 Å². The van der Waals surface area contributed by atoms with Crippen molar-refractivity contribution < 1.29 is 24.2 Å². The minimum atomic E-state index is -0.663. The first-order valence-corrected chi connectivity index (χ1v) is 13.6. The van der Waals surface area contributed by atoms with Crippen LogP contribution in [0.1, 0.15) is 36.8 Å². The molecule has 0 aliphatic heterocycles. The third-order valence-corrected chi connectivity index (χ3v) is 6.67. The number of para-hydroxylation sites is 1. The molecule has 3 N–H and O–H groups in total. The quantitative estimate of drug-likeness (QED) is 0.173. The van der Waals surface area contributed by atoms with Gasteiger partial charge >= 0.3 is 5.97 Å². The first-order chi connectivity index (χ1) is 19.4. The van der Waals surface area contributed by atoms with Crippen molar-refractivity contribution in [2.45, 2.75) is 44.7 Å². The Kier molecular flexibility index (Phi) is 12.2. The predicted molar refractivity (Wildman–Crippen MR) is 156 cm³/mol. The first-order valence-electron chi connectivity index (χ1n) is 13.6. The van der Waals surface area contributed by atoms with Gasteiger partial charge in [-0.2, -0.15) is 0 Å². The van der Waals surface area contributed by atoms with E-state index < -0.39 is 12.0 Å². The molecule has 0 spiro atoms. The Labute approximate surface area is 235 Å². The maximum absolute atomic E-state index is 13.5. The van der Waals surface area contributed by atoms with Crippen molar-refractivity contribution in [2.75, 3.05) is 19.8 Å². The Morgan fingerprint density at radius 2 is 1.80 bits per heavy atom. The van der Waals surface area contributed by atoms with Gasteiger partial charge in [0.15, 0.2) is 0 Å². The summed E-state index contributed by atoms with van der Waals surface area (Å²) in [6.07, 6.45) is 6.59. The molecular formula is C32H39N3O5. The number of hydrogen-bond acceptors (Lipinski definition) is 5. The minimum absolute atomic E-state index is 0.000618. The van der Waals surface area contributed by atoms with Crippen LogP contribution in [-0.4, -0.2) is 58.6 Å². The Balaban J connectivity index is 1.72.